The largest absolute Gasteiger partial charge is 0.494 e. The maximum atomic E-state index is 13.2. The predicted octanol–water partition coefficient (Wildman–Crippen LogP) is 3.93. The van der Waals surface area contributed by atoms with Gasteiger partial charge in [-0.3, -0.25) is 0 Å². The predicted molar refractivity (Wildman–Crippen MR) is 131 cm³/mol. The van der Waals surface area contributed by atoms with E-state index in [0.717, 1.165) is 32.1 Å². The van der Waals surface area contributed by atoms with Crippen molar-refractivity contribution in [1.82, 2.24) is 0 Å². The first-order chi connectivity index (χ1) is 17.7. The van der Waals surface area contributed by atoms with Crippen LogP contribution in [0, 0.1) is 0 Å². The summed E-state index contributed by atoms with van der Waals surface area (Å²) in [5.74, 6) is -0.129. The molecule has 8 nitrogen and oxygen atoms in total. The van der Waals surface area contributed by atoms with Gasteiger partial charge in [-0.2, -0.15) is 0 Å². The van der Waals surface area contributed by atoms with Crippen LogP contribution in [-0.4, -0.2) is 63.3 Å². The van der Waals surface area contributed by atoms with Crippen molar-refractivity contribution >= 4 is 5.97 Å². The zero-order chi connectivity index (χ0) is 25.1. The van der Waals surface area contributed by atoms with Gasteiger partial charge in [0.1, 0.15) is 5.75 Å². The Balaban J connectivity index is 1.34. The number of rotatable bonds is 14. The Morgan fingerprint density at radius 2 is 1.36 bits per heavy atom. The van der Waals surface area contributed by atoms with Gasteiger partial charge in [0.05, 0.1) is 39.6 Å². The van der Waals surface area contributed by atoms with Gasteiger partial charge in [-0.1, -0.05) is 42.5 Å². The minimum absolute atomic E-state index is 0.107. The summed E-state index contributed by atoms with van der Waals surface area (Å²) >= 11 is 0. The molecular weight excluding hydrogens is 464 g/mol. The number of carbonyl (C=O) groups excluding carboxylic acids is 1. The first kappa shape index (κ1) is 26.6. The van der Waals surface area contributed by atoms with Crippen molar-refractivity contribution in [1.29, 1.82) is 0 Å². The summed E-state index contributed by atoms with van der Waals surface area (Å²) in [6, 6.07) is 15.8. The Hall–Kier alpha value is -2.49. The molecule has 2 heterocycles. The molecule has 2 aliphatic rings. The maximum Gasteiger partial charge on any atom is 0.347 e. The number of unbranched alkanes of at least 4 members (excludes halogenated alkanes) is 2. The van der Waals surface area contributed by atoms with E-state index in [0.29, 0.717) is 56.3 Å². The van der Waals surface area contributed by atoms with Crippen LogP contribution in [0.1, 0.15) is 49.7 Å². The Kier molecular flexibility index (Phi) is 10.1. The van der Waals surface area contributed by atoms with Crippen LogP contribution >= 0.6 is 0 Å². The molecule has 196 valence electrons. The smallest absolute Gasteiger partial charge is 0.347 e. The highest BCUT2D eigenvalue weighted by Gasteiger charge is 2.42. The van der Waals surface area contributed by atoms with Crippen LogP contribution in [0.4, 0.5) is 0 Å². The Morgan fingerprint density at radius 3 is 2.00 bits per heavy atom. The average Bonchev–Trinajstić information content (AvgIpc) is 3.63. The third kappa shape index (κ3) is 7.27. The van der Waals surface area contributed by atoms with Crippen molar-refractivity contribution in [3.63, 3.8) is 0 Å². The van der Waals surface area contributed by atoms with Gasteiger partial charge in [0.2, 0.25) is 5.60 Å². The molecular formula is C28H36O8. The zero-order valence-corrected chi connectivity index (χ0v) is 20.6. The second-order valence-electron chi connectivity index (χ2n) is 8.92. The zero-order valence-electron chi connectivity index (χ0n) is 20.6. The van der Waals surface area contributed by atoms with E-state index in [1.54, 1.807) is 42.5 Å². The molecule has 2 aromatic rings. The molecule has 2 aliphatic heterocycles. The number of hydrogen-bond acceptors (Lipinski definition) is 8. The number of ether oxygens (including phenoxy) is 6. The minimum Gasteiger partial charge on any atom is -0.494 e. The number of esters is 1. The van der Waals surface area contributed by atoms with E-state index in [4.69, 9.17) is 28.4 Å². The molecule has 2 saturated heterocycles. The summed E-state index contributed by atoms with van der Waals surface area (Å²) in [7, 11) is 0. The standard InChI is InChI=1S/C28H36O8/c29-27(36-16-7-5-14-26-34-19-20-35-26)28(30,22-9-2-1-3-10-22)23-11-8-12-24(21-23)31-15-6-4-13-25-32-17-18-33-25/h1-3,8-12,21,25-26,30H,4-7,13-20H2. The summed E-state index contributed by atoms with van der Waals surface area (Å²) in [5, 5.41) is 11.7. The average molecular weight is 501 g/mol. The summed E-state index contributed by atoms with van der Waals surface area (Å²) in [5.41, 5.74) is -1.11. The Labute approximate surface area is 212 Å². The quantitative estimate of drug-likeness (QED) is 0.308. The molecule has 0 radical (unpaired) electrons. The van der Waals surface area contributed by atoms with E-state index < -0.39 is 11.6 Å². The van der Waals surface area contributed by atoms with E-state index in [1.807, 2.05) is 12.1 Å². The molecule has 1 unspecified atom stereocenters. The van der Waals surface area contributed by atoms with Crippen molar-refractivity contribution in [2.45, 2.75) is 56.7 Å². The summed E-state index contributed by atoms with van der Waals surface area (Å²) in [6.45, 7) is 3.27. The molecule has 4 rings (SSSR count). The second kappa shape index (κ2) is 13.7. The lowest BCUT2D eigenvalue weighted by Crippen LogP contribution is -2.38. The molecule has 0 aliphatic carbocycles. The highest BCUT2D eigenvalue weighted by molar-refractivity contribution is 5.85. The highest BCUT2D eigenvalue weighted by Crippen LogP contribution is 2.33. The van der Waals surface area contributed by atoms with Crippen molar-refractivity contribution in [2.75, 3.05) is 39.6 Å². The minimum atomic E-state index is -1.95. The normalized spacial score (nSPS) is 18.2. The van der Waals surface area contributed by atoms with Crippen molar-refractivity contribution in [3.8, 4) is 5.75 Å². The Bertz CT molecular complexity index is 924. The molecule has 1 atom stereocenters. The third-order valence-electron chi connectivity index (χ3n) is 6.29. The lowest BCUT2D eigenvalue weighted by Gasteiger charge is -2.27. The van der Waals surface area contributed by atoms with Crippen LogP contribution < -0.4 is 4.74 Å². The lowest BCUT2D eigenvalue weighted by atomic mass is 9.86. The molecule has 1 N–H and O–H groups in total. The van der Waals surface area contributed by atoms with Crippen LogP contribution in [0.3, 0.4) is 0 Å². The fourth-order valence-electron chi connectivity index (χ4n) is 4.33. The number of hydrogen-bond donors (Lipinski definition) is 1. The fourth-order valence-corrected chi connectivity index (χ4v) is 4.33. The molecule has 0 bridgehead atoms. The van der Waals surface area contributed by atoms with Gasteiger partial charge in [0, 0.05) is 5.56 Å². The van der Waals surface area contributed by atoms with E-state index in [1.165, 1.54) is 0 Å². The van der Waals surface area contributed by atoms with Gasteiger partial charge in [0.15, 0.2) is 12.6 Å². The van der Waals surface area contributed by atoms with Gasteiger partial charge in [-0.25, -0.2) is 4.79 Å². The van der Waals surface area contributed by atoms with Gasteiger partial charge < -0.3 is 33.5 Å². The van der Waals surface area contributed by atoms with Gasteiger partial charge in [-0.15, -0.1) is 0 Å². The number of aliphatic hydroxyl groups is 1. The monoisotopic (exact) mass is 500 g/mol. The van der Waals surface area contributed by atoms with Crippen LogP contribution in [0.5, 0.6) is 5.75 Å². The van der Waals surface area contributed by atoms with E-state index in [2.05, 4.69) is 0 Å². The highest BCUT2D eigenvalue weighted by atomic mass is 16.7. The molecule has 0 saturated carbocycles. The topological polar surface area (TPSA) is 92.7 Å². The maximum absolute atomic E-state index is 13.2. The van der Waals surface area contributed by atoms with Crippen molar-refractivity contribution in [3.05, 3.63) is 65.7 Å². The first-order valence-corrected chi connectivity index (χ1v) is 12.8. The van der Waals surface area contributed by atoms with Crippen LogP contribution in [0.15, 0.2) is 54.6 Å². The molecule has 2 fully saturated rings. The van der Waals surface area contributed by atoms with Crippen molar-refractivity contribution in [2.24, 2.45) is 0 Å². The molecule has 0 spiro atoms. The Morgan fingerprint density at radius 1 is 0.778 bits per heavy atom. The molecule has 0 aromatic heterocycles. The molecule has 0 amide bonds. The molecule has 8 heteroatoms. The number of benzene rings is 2. The van der Waals surface area contributed by atoms with Crippen LogP contribution in [0.25, 0.3) is 0 Å². The number of carbonyl (C=O) groups is 1. The van der Waals surface area contributed by atoms with Crippen molar-refractivity contribution < 1.29 is 38.3 Å². The van der Waals surface area contributed by atoms with Crippen LogP contribution in [-0.2, 0) is 34.1 Å². The summed E-state index contributed by atoms with van der Waals surface area (Å²) < 4.78 is 33.2. The molecule has 2 aromatic carbocycles. The first-order valence-electron chi connectivity index (χ1n) is 12.8. The van der Waals surface area contributed by atoms with Gasteiger partial charge in [-0.05, 0) is 56.2 Å². The SMILES string of the molecule is O=C(OCCCCC1OCCO1)C(O)(c1ccccc1)c1cccc(OCCCCC2OCCO2)c1. The van der Waals surface area contributed by atoms with E-state index in [9.17, 15) is 9.90 Å². The summed E-state index contributed by atoms with van der Waals surface area (Å²) in [6.07, 6.45) is 4.52. The van der Waals surface area contributed by atoms with Crippen LogP contribution in [0.2, 0.25) is 0 Å². The van der Waals surface area contributed by atoms with E-state index >= 15 is 0 Å². The van der Waals surface area contributed by atoms with Gasteiger partial charge >= 0.3 is 5.97 Å². The second-order valence-corrected chi connectivity index (χ2v) is 8.92. The third-order valence-corrected chi connectivity index (χ3v) is 6.29. The lowest BCUT2D eigenvalue weighted by molar-refractivity contribution is -0.162. The fraction of sp³-hybridized carbons (Fsp3) is 0.536. The summed E-state index contributed by atoms with van der Waals surface area (Å²) in [4.78, 5) is 13.2. The molecule has 36 heavy (non-hydrogen) atoms. The van der Waals surface area contributed by atoms with Gasteiger partial charge in [0.25, 0.3) is 0 Å². The van der Waals surface area contributed by atoms with E-state index in [-0.39, 0.29) is 19.2 Å².